The first-order chi connectivity index (χ1) is 12.0. The van der Waals surface area contributed by atoms with Crippen LogP contribution >= 0.6 is 0 Å². The Labute approximate surface area is 150 Å². The molecule has 1 aromatic heterocycles. The summed E-state index contributed by atoms with van der Waals surface area (Å²) in [4.78, 5) is 29.7. The van der Waals surface area contributed by atoms with Gasteiger partial charge in [-0.25, -0.2) is 23.4 Å². The van der Waals surface area contributed by atoms with Crippen LogP contribution < -0.4 is 10.2 Å². The molecule has 1 amide bonds. The van der Waals surface area contributed by atoms with Crippen molar-refractivity contribution in [2.45, 2.75) is 45.1 Å². The molecule has 1 N–H and O–H groups in total. The molecule has 1 aromatic rings. The summed E-state index contributed by atoms with van der Waals surface area (Å²) in [5.74, 6) is -3.01. The maximum Gasteiger partial charge on any atom is 0.413 e. The minimum Gasteiger partial charge on any atom is -0.465 e. The van der Waals surface area contributed by atoms with Crippen LogP contribution in [0, 0.1) is 0 Å². The molecule has 26 heavy (non-hydrogen) atoms. The fourth-order valence-corrected chi connectivity index (χ4v) is 2.48. The summed E-state index contributed by atoms with van der Waals surface area (Å²) in [6, 6.07) is 2.87. The van der Waals surface area contributed by atoms with Crippen molar-refractivity contribution in [1.29, 1.82) is 0 Å². The maximum atomic E-state index is 13.4. The van der Waals surface area contributed by atoms with Gasteiger partial charge in [-0.05, 0) is 32.9 Å². The number of hydrogen-bond acceptors (Lipinski definition) is 6. The lowest BCUT2D eigenvalue weighted by molar-refractivity contribution is -0.0221. The summed E-state index contributed by atoms with van der Waals surface area (Å²) in [7, 11) is 1.23. The average Bonchev–Trinajstić information content (AvgIpc) is 2.52. The molecule has 1 saturated heterocycles. The third-order valence-corrected chi connectivity index (χ3v) is 3.70. The molecule has 1 aliphatic rings. The van der Waals surface area contributed by atoms with E-state index in [-0.39, 0.29) is 43.1 Å². The van der Waals surface area contributed by atoms with E-state index in [1.54, 1.807) is 25.7 Å². The Morgan fingerprint density at radius 2 is 1.85 bits per heavy atom. The number of carbonyl (C=O) groups is 2. The van der Waals surface area contributed by atoms with Gasteiger partial charge in [-0.1, -0.05) is 0 Å². The van der Waals surface area contributed by atoms with Crippen molar-refractivity contribution in [2.24, 2.45) is 0 Å². The van der Waals surface area contributed by atoms with E-state index in [1.807, 2.05) is 0 Å². The fourth-order valence-electron chi connectivity index (χ4n) is 2.48. The van der Waals surface area contributed by atoms with E-state index in [9.17, 15) is 18.4 Å². The van der Waals surface area contributed by atoms with Gasteiger partial charge in [0.1, 0.15) is 22.8 Å². The molecule has 0 radical (unpaired) electrons. The van der Waals surface area contributed by atoms with Gasteiger partial charge in [0.05, 0.1) is 7.11 Å². The zero-order valence-corrected chi connectivity index (χ0v) is 15.3. The van der Waals surface area contributed by atoms with Gasteiger partial charge >= 0.3 is 12.1 Å². The Kier molecular flexibility index (Phi) is 5.68. The van der Waals surface area contributed by atoms with E-state index in [0.29, 0.717) is 0 Å². The van der Waals surface area contributed by atoms with E-state index in [0.717, 1.165) is 0 Å². The van der Waals surface area contributed by atoms with Gasteiger partial charge in [-0.2, -0.15) is 0 Å². The number of nitrogens with zero attached hydrogens (tertiary/aromatic N) is 2. The number of aromatic nitrogens is 1. The summed E-state index contributed by atoms with van der Waals surface area (Å²) >= 11 is 0. The van der Waals surface area contributed by atoms with E-state index in [4.69, 9.17) is 9.47 Å². The topological polar surface area (TPSA) is 80.8 Å². The maximum absolute atomic E-state index is 13.4. The quantitative estimate of drug-likeness (QED) is 0.820. The molecule has 1 fully saturated rings. The third-order valence-electron chi connectivity index (χ3n) is 3.70. The summed E-state index contributed by atoms with van der Waals surface area (Å²) in [5, 5.41) is 2.48. The third kappa shape index (κ3) is 5.27. The highest BCUT2D eigenvalue weighted by Crippen LogP contribution is 2.32. The van der Waals surface area contributed by atoms with Crippen LogP contribution in [-0.2, 0) is 9.47 Å². The van der Waals surface area contributed by atoms with Crippen LogP contribution in [0.3, 0.4) is 0 Å². The highest BCUT2D eigenvalue weighted by Gasteiger charge is 2.35. The van der Waals surface area contributed by atoms with Crippen molar-refractivity contribution in [2.75, 3.05) is 30.4 Å². The van der Waals surface area contributed by atoms with Crippen molar-refractivity contribution in [3.05, 3.63) is 17.7 Å². The molecule has 2 rings (SSSR count). The summed E-state index contributed by atoms with van der Waals surface area (Å²) in [6.07, 6.45) is -1.37. The van der Waals surface area contributed by atoms with Crippen LogP contribution in [0.2, 0.25) is 0 Å². The second kappa shape index (κ2) is 7.43. The highest BCUT2D eigenvalue weighted by molar-refractivity contribution is 5.95. The summed E-state index contributed by atoms with van der Waals surface area (Å²) in [6.45, 7) is 5.25. The molecular weight excluding hydrogens is 348 g/mol. The number of nitrogens with one attached hydrogen (secondary N) is 1. The lowest BCUT2D eigenvalue weighted by atomic mass is 10.1. The minimum atomic E-state index is -2.73. The summed E-state index contributed by atoms with van der Waals surface area (Å²) < 4.78 is 36.7. The number of ether oxygens (including phenoxy) is 2. The van der Waals surface area contributed by atoms with Crippen molar-refractivity contribution < 1.29 is 27.8 Å². The van der Waals surface area contributed by atoms with Gasteiger partial charge in [0.15, 0.2) is 0 Å². The Hall–Kier alpha value is -2.45. The van der Waals surface area contributed by atoms with Gasteiger partial charge in [0, 0.05) is 25.9 Å². The number of esters is 1. The summed E-state index contributed by atoms with van der Waals surface area (Å²) in [5.41, 5.74) is -0.537. The average molecular weight is 371 g/mol. The van der Waals surface area contributed by atoms with Crippen LogP contribution in [0.15, 0.2) is 12.1 Å². The van der Waals surface area contributed by atoms with Crippen LogP contribution in [-0.4, -0.2) is 48.8 Å². The second-order valence-corrected chi connectivity index (χ2v) is 7.03. The van der Waals surface area contributed by atoms with E-state index in [2.05, 4.69) is 10.3 Å². The first-order valence-corrected chi connectivity index (χ1v) is 8.23. The van der Waals surface area contributed by atoms with Gasteiger partial charge in [-0.3, -0.25) is 5.32 Å². The van der Waals surface area contributed by atoms with Gasteiger partial charge in [0.25, 0.3) is 5.92 Å². The monoisotopic (exact) mass is 371 g/mol. The minimum absolute atomic E-state index is 0.0416. The normalized spacial score (nSPS) is 16.8. The molecule has 0 saturated carbocycles. The Morgan fingerprint density at radius 3 is 2.38 bits per heavy atom. The predicted octanol–water partition coefficient (Wildman–Crippen LogP) is 3.45. The second-order valence-electron chi connectivity index (χ2n) is 7.03. The van der Waals surface area contributed by atoms with Crippen LogP contribution in [0.1, 0.15) is 44.0 Å². The number of methoxy groups -OCH3 is 1. The number of hydrogen-bond donors (Lipinski definition) is 1. The number of rotatable bonds is 3. The van der Waals surface area contributed by atoms with Gasteiger partial charge in [-0.15, -0.1) is 0 Å². The van der Waals surface area contributed by atoms with E-state index in [1.165, 1.54) is 19.2 Å². The molecule has 0 aromatic carbocycles. The number of alkyl halides is 2. The molecule has 0 bridgehead atoms. The first-order valence-electron chi connectivity index (χ1n) is 8.23. The number of pyridine rings is 1. The SMILES string of the molecule is COC(=O)c1ccc(NC(=O)OC(C)(C)C)nc1N1CCC(F)(F)CC1. The highest BCUT2D eigenvalue weighted by atomic mass is 19.3. The first kappa shape index (κ1) is 19.9. The molecule has 0 unspecified atom stereocenters. The van der Waals surface area contributed by atoms with Crippen LogP contribution in [0.5, 0.6) is 0 Å². The molecule has 7 nitrogen and oxygen atoms in total. The number of halogens is 2. The number of anilines is 2. The van der Waals surface area contributed by atoms with Crippen molar-refractivity contribution in [1.82, 2.24) is 4.98 Å². The fraction of sp³-hybridized carbons (Fsp3) is 0.588. The molecule has 1 aliphatic heterocycles. The molecule has 0 spiro atoms. The number of carbonyl (C=O) groups excluding carboxylic acids is 2. The molecule has 9 heteroatoms. The predicted molar refractivity (Wildman–Crippen MR) is 91.8 cm³/mol. The lowest BCUT2D eigenvalue weighted by Gasteiger charge is -2.33. The van der Waals surface area contributed by atoms with E-state index >= 15 is 0 Å². The van der Waals surface area contributed by atoms with Crippen LogP contribution in [0.4, 0.5) is 25.2 Å². The largest absolute Gasteiger partial charge is 0.465 e. The number of amides is 1. The zero-order chi connectivity index (χ0) is 19.5. The molecular formula is C17H23F2N3O4. The Morgan fingerprint density at radius 1 is 1.23 bits per heavy atom. The number of piperidine rings is 1. The molecule has 0 atom stereocenters. The lowest BCUT2D eigenvalue weighted by Crippen LogP contribution is -2.40. The van der Waals surface area contributed by atoms with E-state index < -0.39 is 23.6 Å². The smallest absolute Gasteiger partial charge is 0.413 e. The van der Waals surface area contributed by atoms with Crippen molar-refractivity contribution in [3.63, 3.8) is 0 Å². The molecule has 0 aliphatic carbocycles. The molecule has 2 heterocycles. The molecule has 144 valence electrons. The zero-order valence-electron chi connectivity index (χ0n) is 15.3. The Balaban J connectivity index is 2.25. The van der Waals surface area contributed by atoms with Crippen molar-refractivity contribution >= 4 is 23.7 Å². The van der Waals surface area contributed by atoms with Gasteiger partial charge < -0.3 is 14.4 Å². The van der Waals surface area contributed by atoms with Gasteiger partial charge in [0.2, 0.25) is 0 Å². The van der Waals surface area contributed by atoms with Crippen LogP contribution in [0.25, 0.3) is 0 Å². The Bertz CT molecular complexity index is 679. The standard InChI is InChI=1S/C17H23F2N3O4/c1-16(2,3)26-15(24)21-12-6-5-11(14(23)25-4)13(20-12)22-9-7-17(18,19)8-10-22/h5-6H,7-10H2,1-4H3,(H,20,21,24). The van der Waals surface area contributed by atoms with Crippen molar-refractivity contribution in [3.8, 4) is 0 Å².